The van der Waals surface area contributed by atoms with Gasteiger partial charge in [-0.2, -0.15) is 0 Å². The van der Waals surface area contributed by atoms with Gasteiger partial charge in [0.15, 0.2) is 0 Å². The van der Waals surface area contributed by atoms with Gasteiger partial charge in [0.25, 0.3) is 0 Å². The molecule has 2 aliphatic rings. The first kappa shape index (κ1) is 17.4. The highest BCUT2D eigenvalue weighted by atomic mass is 19.1. The molecule has 1 unspecified atom stereocenters. The van der Waals surface area contributed by atoms with Crippen molar-refractivity contribution in [3.05, 3.63) is 30.1 Å². The Kier molecular flexibility index (Phi) is 5.85. The zero-order valence-corrected chi connectivity index (χ0v) is 14.5. The van der Waals surface area contributed by atoms with E-state index < -0.39 is 0 Å². The lowest BCUT2D eigenvalue weighted by atomic mass is 9.99. The third-order valence-electron chi connectivity index (χ3n) is 5.47. The third kappa shape index (κ3) is 4.14. The summed E-state index contributed by atoms with van der Waals surface area (Å²) in [6.45, 7) is 6.25. The molecule has 0 radical (unpaired) electrons. The number of carbonyl (C=O) groups excluding carboxylic acids is 1. The minimum absolute atomic E-state index is 0.128. The molecule has 0 bridgehead atoms. The van der Waals surface area contributed by atoms with Crippen LogP contribution in [-0.2, 0) is 4.79 Å². The zero-order chi connectivity index (χ0) is 16.9. The fraction of sp³-hybridized carbons (Fsp3) is 0.632. The van der Waals surface area contributed by atoms with E-state index in [2.05, 4.69) is 15.1 Å². The van der Waals surface area contributed by atoms with Crippen molar-refractivity contribution < 1.29 is 9.18 Å². The van der Waals surface area contributed by atoms with Crippen LogP contribution in [0.5, 0.6) is 0 Å². The molecule has 0 spiro atoms. The van der Waals surface area contributed by atoms with Gasteiger partial charge < -0.3 is 10.2 Å². The first-order valence-corrected chi connectivity index (χ1v) is 9.18. The van der Waals surface area contributed by atoms with Gasteiger partial charge in [0.1, 0.15) is 5.82 Å². The number of anilines is 1. The van der Waals surface area contributed by atoms with Crippen LogP contribution in [-0.4, -0.2) is 54.0 Å². The summed E-state index contributed by atoms with van der Waals surface area (Å²) in [4.78, 5) is 17.3. The number of nitrogens with zero attached hydrogens (tertiary/aromatic N) is 2. The number of piperidine rings is 2. The SMILES string of the molecule is CC(C(=O)Nc1ccccc1F)N1CCC(N2CCCCC2)CC1. The number of hydrogen-bond acceptors (Lipinski definition) is 3. The Bertz CT molecular complexity index is 551. The molecule has 1 atom stereocenters. The molecule has 2 fully saturated rings. The molecule has 0 aliphatic carbocycles. The second-order valence-electron chi connectivity index (χ2n) is 7.01. The van der Waals surface area contributed by atoms with Gasteiger partial charge in [-0.1, -0.05) is 18.6 Å². The maximum atomic E-state index is 13.7. The van der Waals surface area contributed by atoms with Crippen LogP contribution in [0.1, 0.15) is 39.0 Å². The molecule has 2 saturated heterocycles. The monoisotopic (exact) mass is 333 g/mol. The van der Waals surface area contributed by atoms with E-state index in [0.717, 1.165) is 25.9 Å². The second-order valence-corrected chi connectivity index (χ2v) is 7.01. The molecular formula is C19H28FN3O. The molecule has 2 heterocycles. The molecule has 5 heteroatoms. The first-order chi connectivity index (χ1) is 11.6. The van der Waals surface area contributed by atoms with Crippen molar-refractivity contribution in [1.29, 1.82) is 0 Å². The van der Waals surface area contributed by atoms with Crippen LogP contribution >= 0.6 is 0 Å². The molecule has 4 nitrogen and oxygen atoms in total. The summed E-state index contributed by atoms with van der Waals surface area (Å²) in [5.41, 5.74) is 0.262. The van der Waals surface area contributed by atoms with Gasteiger partial charge in [-0.3, -0.25) is 9.69 Å². The van der Waals surface area contributed by atoms with E-state index in [-0.39, 0.29) is 23.5 Å². The maximum absolute atomic E-state index is 13.7. The Balaban J connectivity index is 1.50. The van der Waals surface area contributed by atoms with E-state index in [1.165, 1.54) is 38.4 Å². The maximum Gasteiger partial charge on any atom is 0.241 e. The fourth-order valence-electron chi connectivity index (χ4n) is 3.89. The fourth-order valence-corrected chi connectivity index (χ4v) is 3.89. The average molecular weight is 333 g/mol. The molecule has 1 amide bonds. The van der Waals surface area contributed by atoms with Crippen LogP contribution in [0.15, 0.2) is 24.3 Å². The average Bonchev–Trinajstić information content (AvgIpc) is 2.64. The summed E-state index contributed by atoms with van der Waals surface area (Å²) in [6, 6.07) is 6.76. The van der Waals surface area contributed by atoms with Crippen molar-refractivity contribution in [2.75, 3.05) is 31.5 Å². The van der Waals surface area contributed by atoms with Crippen LogP contribution in [0.4, 0.5) is 10.1 Å². The molecule has 2 aliphatic heterocycles. The van der Waals surface area contributed by atoms with Crippen molar-refractivity contribution in [2.45, 2.75) is 51.1 Å². The number of amides is 1. The summed E-state index contributed by atoms with van der Waals surface area (Å²) in [7, 11) is 0. The van der Waals surface area contributed by atoms with Crippen LogP contribution < -0.4 is 5.32 Å². The summed E-state index contributed by atoms with van der Waals surface area (Å²) >= 11 is 0. The predicted octanol–water partition coefficient (Wildman–Crippen LogP) is 3.10. The number of carbonyl (C=O) groups is 1. The van der Waals surface area contributed by atoms with Gasteiger partial charge in [-0.05, 0) is 57.8 Å². The second kappa shape index (κ2) is 8.08. The minimum atomic E-state index is -0.387. The molecule has 3 rings (SSSR count). The Hall–Kier alpha value is -1.46. The van der Waals surface area contributed by atoms with Gasteiger partial charge in [-0.15, -0.1) is 0 Å². The highest BCUT2D eigenvalue weighted by Gasteiger charge is 2.29. The van der Waals surface area contributed by atoms with Crippen molar-refractivity contribution >= 4 is 11.6 Å². The molecular weight excluding hydrogens is 305 g/mol. The lowest BCUT2D eigenvalue weighted by molar-refractivity contribution is -0.121. The van der Waals surface area contributed by atoms with Crippen LogP contribution in [0.2, 0.25) is 0 Å². The number of hydrogen-bond donors (Lipinski definition) is 1. The van der Waals surface area contributed by atoms with Gasteiger partial charge in [0.05, 0.1) is 11.7 Å². The lowest BCUT2D eigenvalue weighted by Crippen LogP contribution is -2.51. The third-order valence-corrected chi connectivity index (χ3v) is 5.47. The molecule has 24 heavy (non-hydrogen) atoms. The zero-order valence-electron chi connectivity index (χ0n) is 14.5. The van der Waals surface area contributed by atoms with Gasteiger partial charge in [0, 0.05) is 19.1 Å². The Labute approximate surface area is 144 Å². The van der Waals surface area contributed by atoms with E-state index in [0.29, 0.717) is 6.04 Å². The standard InChI is InChI=1S/C19H28FN3O/c1-15(19(24)21-18-8-4-3-7-17(18)20)22-13-9-16(10-14-22)23-11-5-2-6-12-23/h3-4,7-8,15-16H,2,5-6,9-14H2,1H3,(H,21,24). The number of rotatable bonds is 4. The van der Waals surface area contributed by atoms with E-state index in [1.54, 1.807) is 18.2 Å². The summed E-state index contributed by atoms with van der Waals surface area (Å²) < 4.78 is 13.7. The van der Waals surface area contributed by atoms with Crippen molar-refractivity contribution in [3.8, 4) is 0 Å². The van der Waals surface area contributed by atoms with E-state index >= 15 is 0 Å². The molecule has 1 aromatic rings. The van der Waals surface area contributed by atoms with Crippen LogP contribution in [0.3, 0.4) is 0 Å². The quantitative estimate of drug-likeness (QED) is 0.920. The van der Waals surface area contributed by atoms with E-state index in [4.69, 9.17) is 0 Å². The molecule has 1 N–H and O–H groups in total. The summed E-state index contributed by atoms with van der Waals surface area (Å²) in [5.74, 6) is -0.515. The van der Waals surface area contributed by atoms with Crippen LogP contribution in [0, 0.1) is 5.82 Å². The Morgan fingerprint density at radius 3 is 2.46 bits per heavy atom. The van der Waals surface area contributed by atoms with Gasteiger partial charge in [0.2, 0.25) is 5.91 Å². The van der Waals surface area contributed by atoms with Crippen molar-refractivity contribution in [2.24, 2.45) is 0 Å². The number of benzene rings is 1. The number of para-hydroxylation sites is 1. The number of halogens is 1. The summed E-state index contributed by atoms with van der Waals surface area (Å²) in [6.07, 6.45) is 6.25. The highest BCUT2D eigenvalue weighted by molar-refractivity contribution is 5.94. The molecule has 1 aromatic carbocycles. The first-order valence-electron chi connectivity index (χ1n) is 9.18. The minimum Gasteiger partial charge on any atom is -0.322 e. The molecule has 0 aromatic heterocycles. The Morgan fingerprint density at radius 1 is 1.12 bits per heavy atom. The Morgan fingerprint density at radius 2 is 1.79 bits per heavy atom. The van der Waals surface area contributed by atoms with Crippen molar-refractivity contribution in [3.63, 3.8) is 0 Å². The topological polar surface area (TPSA) is 35.6 Å². The highest BCUT2D eigenvalue weighted by Crippen LogP contribution is 2.22. The van der Waals surface area contributed by atoms with Gasteiger partial charge in [-0.25, -0.2) is 4.39 Å². The van der Waals surface area contributed by atoms with Gasteiger partial charge >= 0.3 is 0 Å². The predicted molar refractivity (Wildman–Crippen MR) is 94.5 cm³/mol. The molecule has 0 saturated carbocycles. The normalized spacial score (nSPS) is 22.2. The molecule has 132 valence electrons. The smallest absolute Gasteiger partial charge is 0.241 e. The number of nitrogens with one attached hydrogen (secondary N) is 1. The largest absolute Gasteiger partial charge is 0.322 e. The van der Waals surface area contributed by atoms with Crippen LogP contribution in [0.25, 0.3) is 0 Å². The van der Waals surface area contributed by atoms with E-state index in [1.807, 2.05) is 6.92 Å². The van der Waals surface area contributed by atoms with E-state index in [9.17, 15) is 9.18 Å². The number of likely N-dealkylation sites (tertiary alicyclic amines) is 2. The van der Waals surface area contributed by atoms with Crippen molar-refractivity contribution in [1.82, 2.24) is 9.80 Å². The summed E-state index contributed by atoms with van der Waals surface area (Å²) in [5, 5.41) is 2.72. The lowest BCUT2D eigenvalue weighted by Gasteiger charge is -2.41.